The molecule has 1 heterocycles. The van der Waals surface area contributed by atoms with E-state index in [1.165, 1.54) is 0 Å². The fourth-order valence-corrected chi connectivity index (χ4v) is 1.75. The molecule has 1 N–H and O–H groups in total. The summed E-state index contributed by atoms with van der Waals surface area (Å²) in [5, 5.41) is 11.3. The van der Waals surface area contributed by atoms with Crippen molar-refractivity contribution in [3.63, 3.8) is 0 Å². The van der Waals surface area contributed by atoms with Crippen molar-refractivity contribution < 1.29 is 9.84 Å². The maximum atomic E-state index is 10.3. The van der Waals surface area contributed by atoms with Gasteiger partial charge in [0.2, 0.25) is 0 Å². The quantitative estimate of drug-likeness (QED) is 0.879. The molecule has 2 aromatic rings. The van der Waals surface area contributed by atoms with E-state index in [2.05, 4.69) is 4.98 Å². The molecule has 0 saturated heterocycles. The van der Waals surface area contributed by atoms with Gasteiger partial charge in [0.25, 0.3) is 0 Å². The molecule has 0 bridgehead atoms. The van der Waals surface area contributed by atoms with Crippen LogP contribution in [0.25, 0.3) is 10.9 Å². The first-order valence-corrected chi connectivity index (χ1v) is 5.79. The lowest BCUT2D eigenvalue weighted by Gasteiger charge is -2.23. The second-order valence-electron chi connectivity index (χ2n) is 4.33. The average molecular weight is 231 g/mol. The highest BCUT2D eigenvalue weighted by Crippen LogP contribution is 2.23. The highest BCUT2D eigenvalue weighted by Gasteiger charge is 2.23. The predicted molar refractivity (Wildman–Crippen MR) is 67.8 cm³/mol. The van der Waals surface area contributed by atoms with E-state index >= 15 is 0 Å². The molecule has 3 nitrogen and oxygen atoms in total. The van der Waals surface area contributed by atoms with Crippen LogP contribution in [0, 0.1) is 0 Å². The molecule has 1 unspecified atom stereocenters. The maximum absolute atomic E-state index is 10.3. The summed E-state index contributed by atoms with van der Waals surface area (Å²) >= 11 is 0. The van der Waals surface area contributed by atoms with E-state index in [9.17, 15) is 5.11 Å². The number of hydrogen-bond acceptors (Lipinski definition) is 3. The van der Waals surface area contributed by atoms with Gasteiger partial charge in [-0.05, 0) is 26.0 Å². The minimum absolute atomic E-state index is 0.281. The highest BCUT2D eigenvalue weighted by molar-refractivity contribution is 5.78. The molecular weight excluding hydrogens is 214 g/mol. The third-order valence-corrected chi connectivity index (χ3v) is 2.80. The Labute approximate surface area is 101 Å². The van der Waals surface area contributed by atoms with Gasteiger partial charge in [-0.3, -0.25) is 4.98 Å². The molecule has 0 fully saturated rings. The molecule has 0 aliphatic heterocycles. The number of hydrogen-bond donors (Lipinski definition) is 1. The van der Waals surface area contributed by atoms with Crippen LogP contribution in [0.15, 0.2) is 36.5 Å². The fourth-order valence-electron chi connectivity index (χ4n) is 1.75. The summed E-state index contributed by atoms with van der Waals surface area (Å²) in [4.78, 5) is 4.34. The van der Waals surface area contributed by atoms with Crippen LogP contribution in [0.3, 0.4) is 0 Å². The van der Waals surface area contributed by atoms with Crippen LogP contribution < -0.4 is 0 Å². The minimum Gasteiger partial charge on any atom is -0.383 e. The normalized spacial score (nSPS) is 14.8. The van der Waals surface area contributed by atoms with E-state index in [1.54, 1.807) is 13.1 Å². The zero-order valence-corrected chi connectivity index (χ0v) is 10.2. The molecule has 90 valence electrons. The van der Waals surface area contributed by atoms with Gasteiger partial charge in [-0.1, -0.05) is 18.2 Å². The number of nitrogens with zero attached hydrogens (tertiary/aromatic N) is 1. The molecule has 0 amide bonds. The van der Waals surface area contributed by atoms with Gasteiger partial charge in [0.15, 0.2) is 0 Å². The monoisotopic (exact) mass is 231 g/mol. The van der Waals surface area contributed by atoms with Crippen molar-refractivity contribution in [2.45, 2.75) is 19.4 Å². The van der Waals surface area contributed by atoms with Crippen molar-refractivity contribution in [3.05, 3.63) is 42.1 Å². The van der Waals surface area contributed by atoms with Gasteiger partial charge in [0.1, 0.15) is 5.60 Å². The first-order chi connectivity index (χ1) is 8.13. The van der Waals surface area contributed by atoms with Crippen LogP contribution >= 0.6 is 0 Å². The first kappa shape index (κ1) is 12.0. The van der Waals surface area contributed by atoms with Gasteiger partial charge < -0.3 is 9.84 Å². The van der Waals surface area contributed by atoms with E-state index in [0.29, 0.717) is 6.61 Å². The van der Waals surface area contributed by atoms with Crippen LogP contribution in [0.2, 0.25) is 0 Å². The minimum atomic E-state index is -0.993. The Hall–Kier alpha value is -1.45. The van der Waals surface area contributed by atoms with Crippen LogP contribution in [-0.2, 0) is 10.3 Å². The Balaban J connectivity index is 2.35. The number of benzene rings is 1. The summed E-state index contributed by atoms with van der Waals surface area (Å²) in [6, 6.07) is 9.82. The summed E-state index contributed by atoms with van der Waals surface area (Å²) in [6.45, 7) is 4.53. The number of aliphatic hydroxyl groups is 1. The Bertz CT molecular complexity index is 508. The second-order valence-corrected chi connectivity index (χ2v) is 4.33. The molecule has 0 aliphatic rings. The molecule has 0 saturated carbocycles. The van der Waals surface area contributed by atoms with E-state index in [1.807, 2.05) is 37.3 Å². The summed E-state index contributed by atoms with van der Waals surface area (Å²) < 4.78 is 5.29. The maximum Gasteiger partial charge on any atom is 0.112 e. The van der Waals surface area contributed by atoms with Crippen molar-refractivity contribution in [3.8, 4) is 0 Å². The Morgan fingerprint density at radius 2 is 2.12 bits per heavy atom. The smallest absolute Gasteiger partial charge is 0.112 e. The molecule has 1 atom stereocenters. The topological polar surface area (TPSA) is 42.4 Å². The van der Waals surface area contributed by atoms with Crippen LogP contribution in [0.5, 0.6) is 0 Å². The van der Waals surface area contributed by atoms with E-state index in [0.717, 1.165) is 16.5 Å². The van der Waals surface area contributed by atoms with Gasteiger partial charge in [0.05, 0.1) is 12.1 Å². The van der Waals surface area contributed by atoms with Gasteiger partial charge in [-0.15, -0.1) is 0 Å². The number of fused-ring (bicyclic) bond motifs is 1. The Morgan fingerprint density at radius 3 is 2.88 bits per heavy atom. The zero-order valence-electron chi connectivity index (χ0n) is 10.2. The standard InChI is InChI=1S/C14H17NO2/c1-3-17-10-14(2,16)12-8-11-6-4-5-7-13(11)15-9-12/h4-9,16H,3,10H2,1-2H3. The van der Waals surface area contributed by atoms with Crippen molar-refractivity contribution in [2.24, 2.45) is 0 Å². The average Bonchev–Trinajstić information content (AvgIpc) is 2.36. The number of para-hydroxylation sites is 1. The van der Waals surface area contributed by atoms with E-state index in [-0.39, 0.29) is 6.61 Å². The van der Waals surface area contributed by atoms with Gasteiger partial charge in [-0.25, -0.2) is 0 Å². The zero-order chi connectivity index (χ0) is 12.3. The summed E-state index contributed by atoms with van der Waals surface area (Å²) in [5.41, 5.74) is 0.723. The predicted octanol–water partition coefficient (Wildman–Crippen LogP) is 2.48. The van der Waals surface area contributed by atoms with Crippen LogP contribution in [0.4, 0.5) is 0 Å². The molecular formula is C14H17NO2. The molecule has 3 heteroatoms. The van der Waals surface area contributed by atoms with Crippen molar-refractivity contribution >= 4 is 10.9 Å². The van der Waals surface area contributed by atoms with Crippen molar-refractivity contribution in [1.82, 2.24) is 4.98 Å². The molecule has 2 rings (SSSR count). The number of rotatable bonds is 4. The molecule has 0 aliphatic carbocycles. The third kappa shape index (κ3) is 2.62. The van der Waals surface area contributed by atoms with Crippen LogP contribution in [-0.4, -0.2) is 23.3 Å². The lowest BCUT2D eigenvalue weighted by molar-refractivity contribution is -0.0344. The van der Waals surface area contributed by atoms with E-state index < -0.39 is 5.60 Å². The third-order valence-electron chi connectivity index (χ3n) is 2.80. The van der Waals surface area contributed by atoms with Gasteiger partial charge in [0, 0.05) is 23.8 Å². The molecule has 0 spiro atoms. The molecule has 1 aromatic carbocycles. The van der Waals surface area contributed by atoms with Crippen molar-refractivity contribution in [2.75, 3.05) is 13.2 Å². The number of pyridine rings is 1. The molecule has 0 radical (unpaired) electrons. The summed E-state index contributed by atoms with van der Waals surface area (Å²) in [5.74, 6) is 0. The van der Waals surface area contributed by atoms with Crippen molar-refractivity contribution in [1.29, 1.82) is 0 Å². The molecule has 1 aromatic heterocycles. The lowest BCUT2D eigenvalue weighted by Crippen LogP contribution is -2.28. The molecule has 17 heavy (non-hydrogen) atoms. The second kappa shape index (κ2) is 4.82. The summed E-state index contributed by atoms with van der Waals surface area (Å²) in [6.07, 6.45) is 1.71. The van der Waals surface area contributed by atoms with Crippen LogP contribution in [0.1, 0.15) is 19.4 Å². The number of ether oxygens (including phenoxy) is 1. The fraction of sp³-hybridized carbons (Fsp3) is 0.357. The first-order valence-electron chi connectivity index (χ1n) is 5.79. The number of aromatic nitrogens is 1. The summed E-state index contributed by atoms with van der Waals surface area (Å²) in [7, 11) is 0. The Kier molecular flexibility index (Phi) is 3.41. The Morgan fingerprint density at radius 1 is 1.35 bits per heavy atom. The van der Waals surface area contributed by atoms with E-state index in [4.69, 9.17) is 4.74 Å². The van der Waals surface area contributed by atoms with Gasteiger partial charge in [-0.2, -0.15) is 0 Å². The highest BCUT2D eigenvalue weighted by atomic mass is 16.5. The SMILES string of the molecule is CCOCC(C)(O)c1cnc2ccccc2c1. The van der Waals surface area contributed by atoms with Gasteiger partial charge >= 0.3 is 0 Å². The lowest BCUT2D eigenvalue weighted by atomic mass is 9.97. The largest absolute Gasteiger partial charge is 0.383 e.